The monoisotopic (exact) mass is 401 g/mol. The van der Waals surface area contributed by atoms with Crippen molar-refractivity contribution < 1.29 is 9.59 Å². The zero-order valence-corrected chi connectivity index (χ0v) is 17.4. The summed E-state index contributed by atoms with van der Waals surface area (Å²) in [5.41, 5.74) is 2.13. The summed E-state index contributed by atoms with van der Waals surface area (Å²) in [6, 6.07) is 8.57. The second-order valence-corrected chi connectivity index (χ2v) is 9.50. The van der Waals surface area contributed by atoms with Crippen LogP contribution in [-0.2, 0) is 16.0 Å². The molecule has 0 radical (unpaired) electrons. The molecule has 1 atom stereocenters. The van der Waals surface area contributed by atoms with E-state index in [9.17, 15) is 9.59 Å². The Bertz CT molecular complexity index is 682. The maximum atomic E-state index is 12.6. The lowest BCUT2D eigenvalue weighted by Gasteiger charge is -2.26. The number of amides is 2. The summed E-state index contributed by atoms with van der Waals surface area (Å²) in [5.74, 6) is 2.40. The highest BCUT2D eigenvalue weighted by molar-refractivity contribution is 7.99. The maximum Gasteiger partial charge on any atom is 0.229 e. The highest BCUT2D eigenvalue weighted by Crippen LogP contribution is 2.30. The molecule has 4 rings (SSSR count). The van der Waals surface area contributed by atoms with Crippen LogP contribution in [0.4, 0.5) is 5.69 Å². The highest BCUT2D eigenvalue weighted by atomic mass is 32.2. The Morgan fingerprint density at radius 1 is 1.11 bits per heavy atom. The van der Waals surface area contributed by atoms with Crippen molar-refractivity contribution in [2.75, 3.05) is 43.0 Å². The van der Waals surface area contributed by atoms with Crippen LogP contribution < -0.4 is 5.32 Å². The van der Waals surface area contributed by atoms with E-state index in [1.165, 1.54) is 43.0 Å². The van der Waals surface area contributed by atoms with Crippen molar-refractivity contribution in [3.05, 3.63) is 29.8 Å². The Morgan fingerprint density at radius 2 is 1.82 bits per heavy atom. The van der Waals surface area contributed by atoms with Gasteiger partial charge in [-0.3, -0.25) is 9.59 Å². The fourth-order valence-electron chi connectivity index (χ4n) is 4.59. The smallest absolute Gasteiger partial charge is 0.229 e. The van der Waals surface area contributed by atoms with Crippen molar-refractivity contribution >= 4 is 29.3 Å². The second-order valence-electron chi connectivity index (χ2n) is 8.28. The summed E-state index contributed by atoms with van der Waals surface area (Å²) in [6.07, 6.45) is 6.00. The summed E-state index contributed by atoms with van der Waals surface area (Å²) < 4.78 is 0. The number of hydrogen-bond acceptors (Lipinski definition) is 4. The van der Waals surface area contributed by atoms with E-state index < -0.39 is 0 Å². The number of nitrogens with one attached hydrogen (secondary N) is 1. The number of likely N-dealkylation sites (tertiary alicyclic amines) is 1. The van der Waals surface area contributed by atoms with Gasteiger partial charge in [0.2, 0.25) is 11.8 Å². The van der Waals surface area contributed by atoms with Crippen LogP contribution in [0.1, 0.15) is 37.7 Å². The molecule has 6 heteroatoms. The van der Waals surface area contributed by atoms with Crippen LogP contribution in [0.2, 0.25) is 0 Å². The number of anilines is 1. The number of benzene rings is 1. The first-order valence-corrected chi connectivity index (χ1v) is 11.8. The minimum absolute atomic E-state index is 0.0209. The Hall–Kier alpha value is -1.53. The average Bonchev–Trinajstić information content (AvgIpc) is 3.38. The van der Waals surface area contributed by atoms with Gasteiger partial charge in [0.1, 0.15) is 0 Å². The first-order valence-electron chi connectivity index (χ1n) is 10.7. The van der Waals surface area contributed by atoms with Crippen molar-refractivity contribution in [3.63, 3.8) is 0 Å². The summed E-state index contributed by atoms with van der Waals surface area (Å²) in [6.45, 7) is 4.07. The van der Waals surface area contributed by atoms with Gasteiger partial charge in [0.15, 0.2) is 0 Å². The molecule has 1 unspecified atom stereocenters. The van der Waals surface area contributed by atoms with Gasteiger partial charge in [0.25, 0.3) is 0 Å². The summed E-state index contributed by atoms with van der Waals surface area (Å²) in [5, 5.41) is 3.02. The van der Waals surface area contributed by atoms with Gasteiger partial charge in [0.05, 0.1) is 5.92 Å². The normalized spacial score (nSPS) is 24.1. The van der Waals surface area contributed by atoms with Gasteiger partial charge in [-0.2, -0.15) is 11.8 Å². The molecule has 152 valence electrons. The Labute approximate surface area is 172 Å². The molecule has 1 aromatic carbocycles. The van der Waals surface area contributed by atoms with E-state index >= 15 is 0 Å². The predicted molar refractivity (Wildman–Crippen MR) is 115 cm³/mol. The number of nitrogens with zero attached hydrogens (tertiary/aromatic N) is 2. The van der Waals surface area contributed by atoms with E-state index in [-0.39, 0.29) is 17.7 Å². The third-order valence-corrected chi connectivity index (χ3v) is 7.28. The fraction of sp³-hybridized carbons (Fsp3) is 0.636. The molecule has 3 aliphatic rings. The average molecular weight is 402 g/mol. The van der Waals surface area contributed by atoms with Crippen LogP contribution in [0, 0.1) is 5.92 Å². The van der Waals surface area contributed by atoms with Crippen molar-refractivity contribution in [3.8, 4) is 0 Å². The Morgan fingerprint density at radius 3 is 2.54 bits per heavy atom. The van der Waals surface area contributed by atoms with Crippen LogP contribution in [-0.4, -0.2) is 65.3 Å². The topological polar surface area (TPSA) is 52.7 Å². The molecule has 0 bridgehead atoms. The molecule has 5 nitrogen and oxygen atoms in total. The van der Waals surface area contributed by atoms with Gasteiger partial charge in [-0.25, -0.2) is 0 Å². The van der Waals surface area contributed by atoms with Gasteiger partial charge in [-0.15, -0.1) is 0 Å². The predicted octanol–water partition coefficient (Wildman–Crippen LogP) is 3.01. The largest absolute Gasteiger partial charge is 0.339 e. The molecule has 2 saturated heterocycles. The summed E-state index contributed by atoms with van der Waals surface area (Å²) in [4.78, 5) is 29.4. The van der Waals surface area contributed by atoms with Gasteiger partial charge in [0, 0.05) is 55.8 Å². The maximum absolute atomic E-state index is 12.6. The molecule has 2 aliphatic heterocycles. The van der Waals surface area contributed by atoms with Crippen LogP contribution in [0.3, 0.4) is 0 Å². The summed E-state index contributed by atoms with van der Waals surface area (Å²) in [7, 11) is 0. The fourth-order valence-corrected chi connectivity index (χ4v) is 5.57. The molecule has 1 N–H and O–H groups in total. The van der Waals surface area contributed by atoms with Crippen LogP contribution in [0.5, 0.6) is 0 Å². The molecule has 1 aromatic rings. The minimum Gasteiger partial charge on any atom is -0.339 e. The molecule has 0 spiro atoms. The molecular weight excluding hydrogens is 370 g/mol. The lowest BCUT2D eigenvalue weighted by molar-refractivity contribution is -0.129. The zero-order chi connectivity index (χ0) is 19.3. The lowest BCUT2D eigenvalue weighted by atomic mass is 10.1. The second kappa shape index (κ2) is 9.31. The van der Waals surface area contributed by atoms with Crippen molar-refractivity contribution in [1.82, 2.24) is 9.80 Å². The molecular formula is C22H31N3O2S. The highest BCUT2D eigenvalue weighted by Gasteiger charge is 2.38. The molecule has 2 amide bonds. The van der Waals surface area contributed by atoms with Crippen molar-refractivity contribution in [1.29, 1.82) is 0 Å². The standard InChI is InChI=1S/C22H31N3O2S/c26-21-15-18(16-25(21)20-3-1-2-4-20)22(27)23-19-7-5-17(6-8-19)9-10-24-11-13-28-14-12-24/h5-8,18,20H,1-4,9-16H2,(H,23,27). The van der Waals surface area contributed by atoms with E-state index in [0.717, 1.165) is 31.5 Å². The van der Waals surface area contributed by atoms with Crippen molar-refractivity contribution in [2.24, 2.45) is 5.92 Å². The summed E-state index contributed by atoms with van der Waals surface area (Å²) >= 11 is 2.04. The number of carbonyl (C=O) groups excluding carboxylic acids is 2. The number of carbonyl (C=O) groups is 2. The van der Waals surface area contributed by atoms with E-state index in [4.69, 9.17) is 0 Å². The molecule has 0 aromatic heterocycles. The van der Waals surface area contributed by atoms with Crippen LogP contribution >= 0.6 is 11.8 Å². The van der Waals surface area contributed by atoms with E-state index in [2.05, 4.69) is 22.3 Å². The quantitative estimate of drug-likeness (QED) is 0.796. The van der Waals surface area contributed by atoms with E-state index in [1.54, 1.807) is 0 Å². The van der Waals surface area contributed by atoms with E-state index in [1.807, 2.05) is 28.8 Å². The molecule has 1 aliphatic carbocycles. The molecule has 28 heavy (non-hydrogen) atoms. The first-order chi connectivity index (χ1) is 13.7. The minimum atomic E-state index is -0.218. The van der Waals surface area contributed by atoms with Gasteiger partial charge < -0.3 is 15.1 Å². The van der Waals surface area contributed by atoms with E-state index in [0.29, 0.717) is 19.0 Å². The van der Waals surface area contributed by atoms with Crippen LogP contribution in [0.15, 0.2) is 24.3 Å². The molecule has 3 fully saturated rings. The Kier molecular flexibility index (Phi) is 6.58. The third kappa shape index (κ3) is 4.90. The molecule has 2 heterocycles. The third-order valence-electron chi connectivity index (χ3n) is 6.34. The van der Waals surface area contributed by atoms with Gasteiger partial charge >= 0.3 is 0 Å². The van der Waals surface area contributed by atoms with Gasteiger partial charge in [-0.05, 0) is 37.0 Å². The van der Waals surface area contributed by atoms with Gasteiger partial charge in [-0.1, -0.05) is 25.0 Å². The Balaban J connectivity index is 1.25. The first kappa shape index (κ1) is 19.8. The number of hydrogen-bond donors (Lipinski definition) is 1. The van der Waals surface area contributed by atoms with Crippen molar-refractivity contribution in [2.45, 2.75) is 44.6 Å². The SMILES string of the molecule is O=C(Nc1ccc(CCN2CCSCC2)cc1)C1CC(=O)N(C2CCCC2)C1. The lowest BCUT2D eigenvalue weighted by Crippen LogP contribution is -2.35. The molecule has 1 saturated carbocycles. The number of thioether (sulfide) groups is 1. The van der Waals surface area contributed by atoms with Crippen LogP contribution in [0.25, 0.3) is 0 Å². The zero-order valence-electron chi connectivity index (χ0n) is 16.6. The number of rotatable bonds is 6.